The Balaban J connectivity index is 1.39. The summed E-state index contributed by atoms with van der Waals surface area (Å²) in [6.07, 6.45) is 1.66. The lowest BCUT2D eigenvalue weighted by Crippen LogP contribution is -2.27. The molecule has 0 unspecified atom stereocenters. The van der Waals surface area contributed by atoms with Gasteiger partial charge in [-0.1, -0.05) is 60.2 Å². The van der Waals surface area contributed by atoms with Crippen molar-refractivity contribution in [2.75, 3.05) is 11.9 Å². The van der Waals surface area contributed by atoms with Gasteiger partial charge in [-0.3, -0.25) is 19.3 Å². The maximum absolute atomic E-state index is 12.8. The average Bonchev–Trinajstić information content (AvgIpc) is 3.06. The number of nitrogens with one attached hydrogen (secondary N) is 1. The number of imide groups is 1. The third kappa shape index (κ3) is 5.90. The summed E-state index contributed by atoms with van der Waals surface area (Å²) in [7, 11) is 0. The molecule has 0 aliphatic carbocycles. The van der Waals surface area contributed by atoms with Crippen molar-refractivity contribution in [3.05, 3.63) is 100 Å². The van der Waals surface area contributed by atoms with Gasteiger partial charge in [0.1, 0.15) is 5.75 Å². The third-order valence-corrected chi connectivity index (χ3v) is 5.79. The van der Waals surface area contributed by atoms with Crippen molar-refractivity contribution in [1.29, 1.82) is 0 Å². The number of nitrogens with zero attached hydrogens (tertiary/aromatic N) is 1. The fourth-order valence-electron chi connectivity index (χ4n) is 3.34. The van der Waals surface area contributed by atoms with E-state index < -0.39 is 0 Å². The highest BCUT2D eigenvalue weighted by molar-refractivity contribution is 8.18. The molecule has 0 bridgehead atoms. The van der Waals surface area contributed by atoms with Gasteiger partial charge in [0.25, 0.3) is 17.1 Å². The Morgan fingerprint density at radius 2 is 1.79 bits per heavy atom. The van der Waals surface area contributed by atoms with E-state index in [0.717, 1.165) is 22.9 Å². The first-order valence-electron chi connectivity index (χ1n) is 10.4. The fraction of sp³-hybridized carbons (Fsp3) is 0.115. The Morgan fingerprint density at radius 3 is 2.58 bits per heavy atom. The minimum atomic E-state index is -0.319. The molecule has 0 aromatic heterocycles. The topological polar surface area (TPSA) is 75.7 Å². The molecule has 0 saturated carbocycles. The molecule has 1 fully saturated rings. The third-order valence-electron chi connectivity index (χ3n) is 4.88. The van der Waals surface area contributed by atoms with Crippen LogP contribution in [-0.2, 0) is 16.1 Å². The highest BCUT2D eigenvalue weighted by atomic mass is 32.2. The maximum atomic E-state index is 12.8. The van der Waals surface area contributed by atoms with E-state index in [9.17, 15) is 14.4 Å². The van der Waals surface area contributed by atoms with Crippen molar-refractivity contribution >= 4 is 40.6 Å². The van der Waals surface area contributed by atoms with E-state index in [1.54, 1.807) is 36.4 Å². The van der Waals surface area contributed by atoms with Gasteiger partial charge in [0, 0.05) is 5.69 Å². The van der Waals surface area contributed by atoms with Crippen molar-refractivity contribution in [1.82, 2.24) is 4.90 Å². The predicted molar refractivity (Wildman–Crippen MR) is 130 cm³/mol. The molecule has 1 aliphatic heterocycles. The summed E-state index contributed by atoms with van der Waals surface area (Å²) in [6, 6.07) is 23.9. The summed E-state index contributed by atoms with van der Waals surface area (Å²) in [5.74, 6) is -0.102. The van der Waals surface area contributed by atoms with Crippen LogP contribution >= 0.6 is 11.8 Å². The Bertz CT molecular complexity index is 1220. The van der Waals surface area contributed by atoms with Crippen molar-refractivity contribution in [2.24, 2.45) is 0 Å². The smallest absolute Gasteiger partial charge is 0.293 e. The first-order chi connectivity index (χ1) is 16.0. The first-order valence-corrected chi connectivity index (χ1v) is 11.2. The summed E-state index contributed by atoms with van der Waals surface area (Å²) in [5, 5.41) is 2.46. The Morgan fingerprint density at radius 1 is 1.00 bits per heavy atom. The minimum absolute atomic E-state index is 0.147. The van der Waals surface area contributed by atoms with Crippen LogP contribution in [0.2, 0.25) is 0 Å². The molecule has 33 heavy (non-hydrogen) atoms. The molecule has 3 aromatic rings. The largest absolute Gasteiger partial charge is 0.484 e. The molecule has 166 valence electrons. The van der Waals surface area contributed by atoms with Gasteiger partial charge in [-0.15, -0.1) is 0 Å². The highest BCUT2D eigenvalue weighted by Crippen LogP contribution is 2.33. The number of carbonyl (C=O) groups is 3. The summed E-state index contributed by atoms with van der Waals surface area (Å²) in [4.78, 5) is 38.9. The van der Waals surface area contributed by atoms with Crippen molar-refractivity contribution in [2.45, 2.75) is 13.5 Å². The molecule has 6 nitrogen and oxygen atoms in total. The van der Waals surface area contributed by atoms with E-state index in [1.165, 1.54) is 4.90 Å². The zero-order valence-electron chi connectivity index (χ0n) is 18.0. The van der Waals surface area contributed by atoms with Gasteiger partial charge in [0.15, 0.2) is 6.61 Å². The van der Waals surface area contributed by atoms with E-state index in [-0.39, 0.29) is 30.2 Å². The normalized spacial score (nSPS) is 14.6. The van der Waals surface area contributed by atoms with Crippen LogP contribution in [0.15, 0.2) is 83.8 Å². The molecule has 4 rings (SSSR count). The van der Waals surface area contributed by atoms with Gasteiger partial charge in [0.05, 0.1) is 11.4 Å². The molecule has 1 N–H and O–H groups in total. The number of anilines is 1. The molecule has 1 aliphatic rings. The van der Waals surface area contributed by atoms with Gasteiger partial charge in [-0.05, 0) is 60.2 Å². The average molecular weight is 459 g/mol. The molecule has 3 aromatic carbocycles. The Kier molecular flexibility index (Phi) is 6.90. The summed E-state index contributed by atoms with van der Waals surface area (Å²) < 4.78 is 5.59. The minimum Gasteiger partial charge on any atom is -0.484 e. The van der Waals surface area contributed by atoms with Crippen molar-refractivity contribution in [3.63, 3.8) is 0 Å². The number of benzene rings is 3. The number of thioether (sulfide) groups is 1. The number of hydrogen-bond donors (Lipinski definition) is 1. The van der Waals surface area contributed by atoms with Crippen LogP contribution in [0.25, 0.3) is 6.08 Å². The van der Waals surface area contributed by atoms with E-state index >= 15 is 0 Å². The van der Waals surface area contributed by atoms with Crippen LogP contribution in [0.3, 0.4) is 0 Å². The second-order valence-electron chi connectivity index (χ2n) is 7.53. The second kappa shape index (κ2) is 10.2. The molecule has 0 atom stereocenters. The van der Waals surface area contributed by atoms with Gasteiger partial charge >= 0.3 is 0 Å². The molecular weight excluding hydrogens is 436 g/mol. The molecule has 7 heteroatoms. The van der Waals surface area contributed by atoms with Crippen molar-refractivity contribution in [3.8, 4) is 5.75 Å². The van der Waals surface area contributed by atoms with E-state index in [2.05, 4.69) is 5.32 Å². The summed E-state index contributed by atoms with van der Waals surface area (Å²) >= 11 is 0.919. The maximum Gasteiger partial charge on any atom is 0.293 e. The monoisotopic (exact) mass is 458 g/mol. The summed E-state index contributed by atoms with van der Waals surface area (Å²) in [5.41, 5.74) is 3.38. The molecule has 1 saturated heterocycles. The van der Waals surface area contributed by atoms with E-state index in [1.807, 2.05) is 55.5 Å². The van der Waals surface area contributed by atoms with Crippen LogP contribution in [0, 0.1) is 6.92 Å². The predicted octanol–water partition coefficient (Wildman–Crippen LogP) is 5.25. The summed E-state index contributed by atoms with van der Waals surface area (Å²) in [6.45, 7) is 2.06. The highest BCUT2D eigenvalue weighted by Gasteiger charge is 2.35. The number of para-hydroxylation sites is 1. The standard InChI is InChI=1S/C26H22N2O4S/c1-18-7-5-9-20(13-18)16-28-25(30)23(33-26(28)31)15-19-8-6-12-22(14-19)32-17-24(29)27-21-10-3-2-4-11-21/h2-15H,16-17H2,1H3,(H,27,29)/b23-15-. The van der Waals surface area contributed by atoms with E-state index in [0.29, 0.717) is 21.9 Å². The van der Waals surface area contributed by atoms with Crippen LogP contribution in [-0.4, -0.2) is 28.6 Å². The fourth-order valence-corrected chi connectivity index (χ4v) is 4.18. The lowest BCUT2D eigenvalue weighted by Gasteiger charge is -2.12. The lowest BCUT2D eigenvalue weighted by molar-refractivity contribution is -0.123. The first kappa shape index (κ1) is 22.4. The van der Waals surface area contributed by atoms with E-state index in [4.69, 9.17) is 4.74 Å². The zero-order valence-corrected chi connectivity index (χ0v) is 18.8. The quantitative estimate of drug-likeness (QED) is 0.490. The number of aryl methyl sites for hydroxylation is 1. The lowest BCUT2D eigenvalue weighted by atomic mass is 10.1. The SMILES string of the molecule is Cc1cccc(CN2C(=O)S/C(=C\c3cccc(OCC(=O)Nc4ccccc4)c3)C2=O)c1. The number of rotatable bonds is 7. The van der Waals surface area contributed by atoms with Gasteiger partial charge in [-0.25, -0.2) is 0 Å². The van der Waals surface area contributed by atoms with Crippen LogP contribution in [0.5, 0.6) is 5.75 Å². The van der Waals surface area contributed by atoms with Crippen LogP contribution in [0.4, 0.5) is 10.5 Å². The number of hydrogen-bond acceptors (Lipinski definition) is 5. The Labute approximate surface area is 196 Å². The molecule has 0 radical (unpaired) electrons. The number of carbonyl (C=O) groups excluding carboxylic acids is 3. The molecular formula is C26H22N2O4S. The molecule has 3 amide bonds. The van der Waals surface area contributed by atoms with Crippen LogP contribution < -0.4 is 10.1 Å². The number of amides is 3. The van der Waals surface area contributed by atoms with Gasteiger partial charge < -0.3 is 10.1 Å². The van der Waals surface area contributed by atoms with Crippen LogP contribution in [0.1, 0.15) is 16.7 Å². The Hall–Kier alpha value is -3.84. The molecule has 0 spiro atoms. The number of ether oxygens (including phenoxy) is 1. The zero-order chi connectivity index (χ0) is 23.2. The van der Waals surface area contributed by atoms with Gasteiger partial charge in [-0.2, -0.15) is 0 Å². The van der Waals surface area contributed by atoms with Crippen molar-refractivity contribution < 1.29 is 19.1 Å². The second-order valence-corrected chi connectivity index (χ2v) is 8.53. The molecule has 1 heterocycles. The van der Waals surface area contributed by atoms with Gasteiger partial charge in [0.2, 0.25) is 0 Å².